The van der Waals surface area contributed by atoms with Gasteiger partial charge in [0.25, 0.3) is 0 Å². The third-order valence-corrected chi connectivity index (χ3v) is 1.98. The SMILES string of the molecule is CSCCNC(=O)C(N)CC(N)=O. The third kappa shape index (κ3) is 6.41. The number of nitrogens with one attached hydrogen (secondary N) is 1. The van der Waals surface area contributed by atoms with Gasteiger partial charge in [0.2, 0.25) is 11.8 Å². The summed E-state index contributed by atoms with van der Waals surface area (Å²) >= 11 is 1.62. The fraction of sp³-hybridized carbons (Fsp3) is 0.714. The summed E-state index contributed by atoms with van der Waals surface area (Å²) in [6.45, 7) is 0.562. The van der Waals surface area contributed by atoms with Gasteiger partial charge in [-0.05, 0) is 6.26 Å². The van der Waals surface area contributed by atoms with Crippen molar-refractivity contribution in [3.05, 3.63) is 0 Å². The van der Waals surface area contributed by atoms with Crippen LogP contribution in [0.25, 0.3) is 0 Å². The van der Waals surface area contributed by atoms with Crippen molar-refractivity contribution < 1.29 is 9.59 Å². The second-order valence-corrected chi connectivity index (χ2v) is 3.55. The van der Waals surface area contributed by atoms with E-state index in [1.165, 1.54) is 0 Å². The second-order valence-electron chi connectivity index (χ2n) is 2.56. The third-order valence-electron chi connectivity index (χ3n) is 1.36. The molecule has 0 bridgehead atoms. The van der Waals surface area contributed by atoms with Crippen LogP contribution < -0.4 is 16.8 Å². The summed E-state index contributed by atoms with van der Waals surface area (Å²) in [4.78, 5) is 21.5. The van der Waals surface area contributed by atoms with Gasteiger partial charge in [-0.25, -0.2) is 0 Å². The van der Waals surface area contributed by atoms with E-state index in [2.05, 4.69) is 5.32 Å². The Morgan fingerprint density at radius 1 is 1.54 bits per heavy atom. The van der Waals surface area contributed by atoms with Gasteiger partial charge in [-0.1, -0.05) is 0 Å². The van der Waals surface area contributed by atoms with Gasteiger partial charge in [0, 0.05) is 12.3 Å². The van der Waals surface area contributed by atoms with E-state index < -0.39 is 11.9 Å². The first kappa shape index (κ1) is 12.2. The van der Waals surface area contributed by atoms with Crippen molar-refractivity contribution in [2.75, 3.05) is 18.6 Å². The molecular weight excluding hydrogens is 190 g/mol. The number of thioether (sulfide) groups is 1. The molecule has 0 aliphatic rings. The first-order chi connectivity index (χ1) is 6.07. The van der Waals surface area contributed by atoms with Crippen LogP contribution in [0.5, 0.6) is 0 Å². The molecule has 13 heavy (non-hydrogen) atoms. The molecule has 6 heteroatoms. The maximum absolute atomic E-state index is 11.1. The lowest BCUT2D eigenvalue weighted by Gasteiger charge is -2.09. The number of nitrogens with two attached hydrogens (primary N) is 2. The van der Waals surface area contributed by atoms with Gasteiger partial charge in [0.1, 0.15) is 0 Å². The van der Waals surface area contributed by atoms with Crippen LogP contribution in [0, 0.1) is 0 Å². The van der Waals surface area contributed by atoms with Crippen molar-refractivity contribution >= 4 is 23.6 Å². The molecule has 0 rings (SSSR count). The lowest BCUT2D eigenvalue weighted by atomic mass is 10.2. The Morgan fingerprint density at radius 3 is 2.62 bits per heavy atom. The molecule has 1 unspecified atom stereocenters. The average Bonchev–Trinajstić information content (AvgIpc) is 2.03. The van der Waals surface area contributed by atoms with Gasteiger partial charge >= 0.3 is 0 Å². The highest BCUT2D eigenvalue weighted by Crippen LogP contribution is 1.89. The number of primary amides is 1. The van der Waals surface area contributed by atoms with E-state index in [1.807, 2.05) is 6.26 Å². The maximum atomic E-state index is 11.1. The summed E-state index contributed by atoms with van der Waals surface area (Å²) in [5, 5.41) is 2.60. The van der Waals surface area contributed by atoms with E-state index in [0.717, 1.165) is 5.75 Å². The molecular formula is C7H15N3O2S. The molecule has 1 atom stereocenters. The van der Waals surface area contributed by atoms with E-state index in [4.69, 9.17) is 11.5 Å². The van der Waals surface area contributed by atoms with Crippen LogP contribution in [0.4, 0.5) is 0 Å². The van der Waals surface area contributed by atoms with Crippen molar-refractivity contribution in [3.8, 4) is 0 Å². The zero-order chi connectivity index (χ0) is 10.3. The number of amides is 2. The molecule has 0 spiro atoms. The first-order valence-electron chi connectivity index (χ1n) is 3.88. The summed E-state index contributed by atoms with van der Waals surface area (Å²) in [7, 11) is 0. The topological polar surface area (TPSA) is 98.2 Å². The normalized spacial score (nSPS) is 12.2. The van der Waals surface area contributed by atoms with E-state index in [1.54, 1.807) is 11.8 Å². The minimum atomic E-state index is -0.820. The molecule has 5 N–H and O–H groups in total. The highest BCUT2D eigenvalue weighted by Gasteiger charge is 2.14. The highest BCUT2D eigenvalue weighted by molar-refractivity contribution is 7.98. The molecule has 0 aliphatic heterocycles. The highest BCUT2D eigenvalue weighted by atomic mass is 32.2. The molecule has 0 saturated heterocycles. The van der Waals surface area contributed by atoms with Gasteiger partial charge in [-0.3, -0.25) is 9.59 Å². The molecule has 0 radical (unpaired) electrons. The fourth-order valence-corrected chi connectivity index (χ4v) is 1.02. The summed E-state index contributed by atoms with van der Waals surface area (Å²) in [6.07, 6.45) is 1.83. The van der Waals surface area contributed by atoms with Crippen LogP contribution in [0.2, 0.25) is 0 Å². The largest absolute Gasteiger partial charge is 0.370 e. The van der Waals surface area contributed by atoms with Crippen LogP contribution in [0.15, 0.2) is 0 Å². The molecule has 0 aromatic heterocycles. The Bertz CT molecular complexity index is 187. The molecule has 0 fully saturated rings. The zero-order valence-corrected chi connectivity index (χ0v) is 8.39. The van der Waals surface area contributed by atoms with Crippen molar-refractivity contribution in [3.63, 3.8) is 0 Å². The summed E-state index contributed by atoms with van der Waals surface area (Å²) < 4.78 is 0. The van der Waals surface area contributed by atoms with Gasteiger partial charge in [-0.2, -0.15) is 11.8 Å². The maximum Gasteiger partial charge on any atom is 0.237 e. The standard InChI is InChI=1S/C7H15N3O2S/c1-13-3-2-10-7(12)5(8)4-6(9)11/h5H,2-4,8H2,1H3,(H2,9,11)(H,10,12). The number of rotatable bonds is 6. The fourth-order valence-electron chi connectivity index (χ4n) is 0.717. The number of hydrogen-bond donors (Lipinski definition) is 3. The Balaban J connectivity index is 3.63. The van der Waals surface area contributed by atoms with Crippen LogP contribution in [0.1, 0.15) is 6.42 Å². The smallest absolute Gasteiger partial charge is 0.237 e. The van der Waals surface area contributed by atoms with Crippen LogP contribution >= 0.6 is 11.8 Å². The predicted octanol–water partition coefficient (Wildman–Crippen LogP) is -1.33. The predicted molar refractivity (Wildman–Crippen MR) is 53.2 cm³/mol. The van der Waals surface area contributed by atoms with Crippen LogP contribution in [0.3, 0.4) is 0 Å². The summed E-state index contributed by atoms with van der Waals surface area (Å²) in [5.41, 5.74) is 10.3. The monoisotopic (exact) mass is 205 g/mol. The first-order valence-corrected chi connectivity index (χ1v) is 5.28. The summed E-state index contributed by atoms with van der Waals surface area (Å²) in [6, 6.07) is -0.820. The molecule has 2 amide bonds. The van der Waals surface area contributed by atoms with Gasteiger partial charge in [0.05, 0.1) is 12.5 Å². The Labute approximate surface area is 81.6 Å². The average molecular weight is 205 g/mol. The molecule has 5 nitrogen and oxygen atoms in total. The Kier molecular flexibility index (Phi) is 6.34. The number of hydrogen-bond acceptors (Lipinski definition) is 4. The molecule has 0 saturated carbocycles. The molecule has 0 aromatic carbocycles. The second kappa shape index (κ2) is 6.73. The zero-order valence-electron chi connectivity index (χ0n) is 7.58. The van der Waals surface area contributed by atoms with E-state index >= 15 is 0 Å². The van der Waals surface area contributed by atoms with Gasteiger partial charge in [0.15, 0.2) is 0 Å². The van der Waals surface area contributed by atoms with Crippen molar-refractivity contribution in [2.45, 2.75) is 12.5 Å². The number of carbonyl (C=O) groups is 2. The molecule has 76 valence electrons. The molecule has 0 aliphatic carbocycles. The van der Waals surface area contributed by atoms with Crippen molar-refractivity contribution in [2.24, 2.45) is 11.5 Å². The lowest BCUT2D eigenvalue weighted by molar-refractivity contribution is -0.126. The van der Waals surface area contributed by atoms with E-state index in [0.29, 0.717) is 6.54 Å². The molecule has 0 aromatic rings. The number of carbonyl (C=O) groups excluding carboxylic acids is 2. The quantitative estimate of drug-likeness (QED) is 0.468. The van der Waals surface area contributed by atoms with Gasteiger partial charge in [-0.15, -0.1) is 0 Å². The Hall–Kier alpha value is -0.750. The van der Waals surface area contributed by atoms with Crippen LogP contribution in [-0.2, 0) is 9.59 Å². The minimum Gasteiger partial charge on any atom is -0.370 e. The lowest BCUT2D eigenvalue weighted by Crippen LogP contribution is -2.43. The van der Waals surface area contributed by atoms with Gasteiger partial charge < -0.3 is 16.8 Å². The Morgan fingerprint density at radius 2 is 2.15 bits per heavy atom. The molecule has 0 heterocycles. The van der Waals surface area contributed by atoms with Crippen molar-refractivity contribution in [1.82, 2.24) is 5.32 Å². The van der Waals surface area contributed by atoms with E-state index in [-0.39, 0.29) is 12.3 Å². The minimum absolute atomic E-state index is 0.106. The summed E-state index contributed by atoms with van der Waals surface area (Å²) in [5.74, 6) is -0.0601. The van der Waals surface area contributed by atoms with Crippen molar-refractivity contribution in [1.29, 1.82) is 0 Å². The van der Waals surface area contributed by atoms with Crippen LogP contribution in [-0.4, -0.2) is 36.4 Å². The van der Waals surface area contributed by atoms with E-state index in [9.17, 15) is 9.59 Å².